The van der Waals surface area contributed by atoms with Crippen molar-refractivity contribution in [3.63, 3.8) is 0 Å². The van der Waals surface area contributed by atoms with E-state index < -0.39 is 104 Å². The molecular weight excluding hydrogens is 863 g/mol. The molecule has 0 aliphatic carbocycles. The van der Waals surface area contributed by atoms with Crippen molar-refractivity contribution < 1.29 is 134 Å². The molecule has 2 unspecified atom stereocenters. The summed E-state index contributed by atoms with van der Waals surface area (Å²) in [6, 6.07) is -2.54. The van der Waals surface area contributed by atoms with Gasteiger partial charge < -0.3 is 51.6 Å². The summed E-state index contributed by atoms with van der Waals surface area (Å²) in [4.78, 5) is 87.0. The normalized spacial score (nSPS) is 17.4. The molecule has 34 heteroatoms. The Morgan fingerprint density at radius 3 is 1.27 bits per heavy atom. The molecule has 2 fully saturated rings. The minimum atomic E-state index is -4.73. The molecule has 2 aliphatic heterocycles. The number of nitrogen functional groups attached to an aromatic ring is 2. The van der Waals surface area contributed by atoms with Crippen LogP contribution in [-0.2, 0) is 59.1 Å². The maximum atomic E-state index is 12.4. The molecule has 56 heavy (non-hydrogen) atoms. The molecule has 28 nitrogen and oxygen atoms in total. The van der Waals surface area contributed by atoms with Gasteiger partial charge in [0, 0.05) is 23.1 Å². The number of oxime groups is 2. The smallest absolute Gasteiger partial charge is 0.546 e. The summed E-state index contributed by atoms with van der Waals surface area (Å²) in [6.07, 6.45) is 0. The molecule has 4 rings (SSSR count). The summed E-state index contributed by atoms with van der Waals surface area (Å²) >= 11 is 1.43. The molecular formula is C22H26N12Na2O16S4. The van der Waals surface area contributed by atoms with Crippen LogP contribution in [0.3, 0.4) is 0 Å². The molecule has 2 aromatic heterocycles. The Balaban J connectivity index is 0.000000541. The van der Waals surface area contributed by atoms with Crippen LogP contribution in [-0.4, -0.2) is 137 Å². The van der Waals surface area contributed by atoms with E-state index in [1.165, 1.54) is 0 Å². The van der Waals surface area contributed by atoms with Crippen molar-refractivity contribution in [3.8, 4) is 0 Å². The molecule has 0 bridgehead atoms. The van der Waals surface area contributed by atoms with E-state index in [1.54, 1.807) is 0 Å². The summed E-state index contributed by atoms with van der Waals surface area (Å²) < 4.78 is 69.0. The van der Waals surface area contributed by atoms with Crippen molar-refractivity contribution in [2.24, 2.45) is 10.3 Å². The average molecular weight is 889 g/mol. The van der Waals surface area contributed by atoms with Crippen LogP contribution >= 0.6 is 23.1 Å². The van der Waals surface area contributed by atoms with E-state index in [0.717, 1.165) is 27.7 Å². The maximum Gasteiger partial charge on any atom is 1.00 e. The Hall–Kier alpha value is -3.70. The quantitative estimate of drug-likeness (QED) is 0.0337. The van der Waals surface area contributed by atoms with Crippen LogP contribution in [0.4, 0.5) is 10.3 Å². The van der Waals surface area contributed by atoms with Gasteiger partial charge in [-0.1, -0.05) is 10.3 Å². The zero-order valence-electron chi connectivity index (χ0n) is 29.5. The molecule has 2 atom stereocenters. The van der Waals surface area contributed by atoms with Crippen LogP contribution in [0.25, 0.3) is 0 Å². The van der Waals surface area contributed by atoms with E-state index in [4.69, 9.17) is 30.2 Å². The van der Waals surface area contributed by atoms with Gasteiger partial charge in [0.25, 0.3) is 23.6 Å². The van der Waals surface area contributed by atoms with E-state index in [0.29, 0.717) is 23.1 Å². The number of hydrogen-bond donors (Lipinski definition) is 6. The number of carbonyl (C=O) groups excluding carboxylic acids is 6. The predicted molar refractivity (Wildman–Crippen MR) is 172 cm³/mol. The predicted octanol–water partition coefficient (Wildman–Crippen LogP) is -13.0. The van der Waals surface area contributed by atoms with Crippen LogP contribution in [0, 0.1) is 0 Å². The van der Waals surface area contributed by atoms with Crippen molar-refractivity contribution in [2.75, 3.05) is 24.6 Å². The van der Waals surface area contributed by atoms with Gasteiger partial charge in [-0.15, -0.1) is 0 Å². The summed E-state index contributed by atoms with van der Waals surface area (Å²) in [7, 11) is -9.45. The topological polar surface area (TPSA) is 435 Å². The minimum absolute atomic E-state index is 0. The second kappa shape index (κ2) is 19.2. The Bertz CT molecular complexity index is 2010. The summed E-state index contributed by atoms with van der Waals surface area (Å²) in [5, 5.41) is 33.0. The van der Waals surface area contributed by atoms with Gasteiger partial charge in [0.05, 0.1) is 25.0 Å². The van der Waals surface area contributed by atoms with Gasteiger partial charge in [0.15, 0.2) is 21.5 Å². The van der Waals surface area contributed by atoms with Crippen LogP contribution in [0.15, 0.2) is 10.3 Å². The first-order valence-electron chi connectivity index (χ1n) is 14.0. The molecule has 0 spiro atoms. The number of β-lactam (4-membered cyclic amide) rings is 2. The van der Waals surface area contributed by atoms with Crippen molar-refractivity contribution in [1.82, 2.24) is 38.0 Å². The van der Waals surface area contributed by atoms with Gasteiger partial charge in [-0.3, -0.25) is 28.3 Å². The van der Waals surface area contributed by atoms with Crippen LogP contribution in [0.5, 0.6) is 0 Å². The molecule has 2 aromatic rings. The molecule has 2 saturated heterocycles. The third-order valence-corrected chi connectivity index (χ3v) is 9.26. The minimum Gasteiger partial charge on any atom is -0.546 e. The second-order valence-corrected chi connectivity index (χ2v) is 15.6. The van der Waals surface area contributed by atoms with Gasteiger partial charge in [-0.05, 0) is 27.7 Å². The molecule has 0 saturated carbocycles. The number of aromatic nitrogens is 4. The Kier molecular flexibility index (Phi) is 17.2. The number of amides is 4. The third-order valence-electron chi connectivity index (χ3n) is 6.40. The number of nitrogens with two attached hydrogens (primary N) is 2. The number of rotatable bonds is 14. The van der Waals surface area contributed by atoms with E-state index in [-0.39, 0.29) is 89.6 Å². The number of hydrogen-bond acceptors (Lipinski definition) is 24. The fourth-order valence-corrected chi connectivity index (χ4v) is 5.55. The summed E-state index contributed by atoms with van der Waals surface area (Å²) in [5.41, 5.74) is 5.86. The van der Waals surface area contributed by atoms with Crippen molar-refractivity contribution >= 4 is 101 Å². The number of carbonyl (C=O) groups is 6. The first-order chi connectivity index (χ1) is 24.7. The van der Waals surface area contributed by atoms with Gasteiger partial charge in [0.1, 0.15) is 12.1 Å². The first-order valence-corrected chi connectivity index (χ1v) is 18.3. The molecule has 0 radical (unpaired) electrons. The number of carboxylic acid groups (broad SMARTS) is 2. The van der Waals surface area contributed by atoms with Gasteiger partial charge >= 0.3 is 79.7 Å². The Labute approximate surface area is 367 Å². The molecule has 4 heterocycles. The van der Waals surface area contributed by atoms with Crippen LogP contribution in [0.1, 0.15) is 39.3 Å². The first kappa shape index (κ1) is 50.3. The number of carboxylic acids is 2. The van der Waals surface area contributed by atoms with E-state index >= 15 is 0 Å². The summed E-state index contributed by atoms with van der Waals surface area (Å²) in [5.74, 6) is -8.11. The monoisotopic (exact) mass is 888 g/mol. The van der Waals surface area contributed by atoms with Crippen LogP contribution < -0.4 is 91.4 Å². The SMILES string of the molecule is CC(C)(ON=C(C(=O)NC1CN(S(=O)(=O)O)C1=O)c1nsc(N)n1)C(=O)[O-].CC(C)(ON=C(C(=O)NC1CN(S(=O)(=O)O)C1=O)c1nsc(N)n1)C(=O)[O-].[Na+].[Na+]. The fourth-order valence-electron chi connectivity index (χ4n) is 3.30. The number of aliphatic carboxylic acids is 2. The zero-order chi connectivity index (χ0) is 41.1. The van der Waals surface area contributed by atoms with Crippen molar-refractivity contribution in [2.45, 2.75) is 51.0 Å². The number of nitrogens with one attached hydrogen (secondary N) is 2. The molecule has 8 N–H and O–H groups in total. The largest absolute Gasteiger partial charge is 1.00 e. The Morgan fingerprint density at radius 1 is 0.750 bits per heavy atom. The van der Waals surface area contributed by atoms with Gasteiger partial charge in [-0.25, -0.2) is 8.61 Å². The molecule has 296 valence electrons. The number of nitrogens with zero attached hydrogens (tertiary/aromatic N) is 8. The number of anilines is 2. The average Bonchev–Trinajstić information content (AvgIpc) is 3.67. The molecule has 4 amide bonds. The van der Waals surface area contributed by atoms with E-state index in [1.807, 2.05) is 0 Å². The Morgan fingerprint density at radius 2 is 1.05 bits per heavy atom. The third kappa shape index (κ3) is 12.7. The van der Waals surface area contributed by atoms with E-state index in [9.17, 15) is 55.8 Å². The molecule has 0 aromatic carbocycles. The van der Waals surface area contributed by atoms with Crippen LogP contribution in [0.2, 0.25) is 0 Å². The van der Waals surface area contributed by atoms with Gasteiger partial charge in [-0.2, -0.15) is 35.6 Å². The fraction of sp³-hybridized carbons (Fsp3) is 0.455. The van der Waals surface area contributed by atoms with Crippen molar-refractivity contribution in [1.29, 1.82) is 0 Å². The van der Waals surface area contributed by atoms with Crippen molar-refractivity contribution in [3.05, 3.63) is 11.6 Å². The molecule has 2 aliphatic rings. The zero-order valence-corrected chi connectivity index (χ0v) is 36.8. The standard InChI is InChI=1S/2C11H14N6O8S2.2Na/c2*1-11(2,9(20)21)25-15-5(6-14-10(12)26-16-6)7(18)13-4-3-17(8(4)19)27(22,23)24;;/h2*4H,3H2,1-2H3,(H,13,18)(H,20,21)(H2,12,14,16)(H,22,23,24);;/q;;2*+1/p-2. The second-order valence-electron chi connectivity index (χ2n) is 11.3. The summed E-state index contributed by atoms with van der Waals surface area (Å²) in [6.45, 7) is 3.45. The maximum absolute atomic E-state index is 12.4. The van der Waals surface area contributed by atoms with Gasteiger partial charge in [0.2, 0.25) is 23.1 Å². The van der Waals surface area contributed by atoms with E-state index in [2.05, 4.69) is 39.7 Å².